The zero-order valence-corrected chi connectivity index (χ0v) is 18.4. The molecule has 0 saturated carbocycles. The second-order valence-electron chi connectivity index (χ2n) is 7.48. The molecule has 2 aromatic carbocycles. The summed E-state index contributed by atoms with van der Waals surface area (Å²) in [5.41, 5.74) is 2.67. The lowest BCUT2D eigenvalue weighted by molar-refractivity contribution is -0.133. The lowest BCUT2D eigenvalue weighted by atomic mass is 9.96. The van der Waals surface area contributed by atoms with Gasteiger partial charge in [0.1, 0.15) is 11.5 Å². The Kier molecular flexibility index (Phi) is 7.62. The highest BCUT2D eigenvalue weighted by atomic mass is 35.5. The zero-order chi connectivity index (χ0) is 21.0. The number of carbonyl (C=O) groups is 1. The fourth-order valence-corrected chi connectivity index (χ4v) is 3.35. The molecule has 2 rings (SSSR count). The Morgan fingerprint density at radius 1 is 1.11 bits per heavy atom. The first-order chi connectivity index (χ1) is 13.1. The average molecular weight is 424 g/mol. The predicted octanol–water partition coefficient (Wildman–Crippen LogP) is 5.66. The van der Waals surface area contributed by atoms with Crippen LogP contribution in [-0.2, 0) is 11.2 Å². The van der Waals surface area contributed by atoms with E-state index in [1.165, 1.54) is 0 Å². The first-order valence-corrected chi connectivity index (χ1v) is 10.0. The molecule has 0 heterocycles. The topological polar surface area (TPSA) is 49.8 Å². The number of hydrogen-bond acceptors (Lipinski definition) is 3. The van der Waals surface area contributed by atoms with Gasteiger partial charge >= 0.3 is 0 Å². The van der Waals surface area contributed by atoms with Crippen LogP contribution in [0.4, 0.5) is 0 Å². The molecule has 4 nitrogen and oxygen atoms in total. The number of ether oxygens (including phenoxy) is 1. The Morgan fingerprint density at radius 2 is 1.71 bits per heavy atom. The molecule has 0 aliphatic rings. The van der Waals surface area contributed by atoms with Crippen LogP contribution in [0, 0.1) is 0 Å². The Hall–Kier alpha value is -1.91. The Balaban J connectivity index is 2.16. The average Bonchev–Trinajstić information content (AvgIpc) is 2.62. The minimum absolute atomic E-state index is 0.0730. The second-order valence-corrected chi connectivity index (χ2v) is 8.29. The molecule has 0 aliphatic heterocycles. The van der Waals surface area contributed by atoms with E-state index < -0.39 is 0 Å². The highest BCUT2D eigenvalue weighted by Gasteiger charge is 2.15. The highest BCUT2D eigenvalue weighted by Crippen LogP contribution is 2.34. The van der Waals surface area contributed by atoms with E-state index in [1.807, 2.05) is 39.8 Å². The molecule has 0 atom stereocenters. The van der Waals surface area contributed by atoms with Crippen LogP contribution in [0.3, 0.4) is 0 Å². The van der Waals surface area contributed by atoms with Crippen molar-refractivity contribution in [2.75, 3.05) is 13.7 Å². The van der Waals surface area contributed by atoms with Gasteiger partial charge in [0.15, 0.2) is 6.61 Å². The van der Waals surface area contributed by atoms with E-state index in [0.29, 0.717) is 22.2 Å². The molecule has 152 valence electrons. The van der Waals surface area contributed by atoms with Crippen LogP contribution >= 0.6 is 23.2 Å². The molecule has 0 fully saturated rings. The molecule has 28 heavy (non-hydrogen) atoms. The van der Waals surface area contributed by atoms with Crippen molar-refractivity contribution in [3.63, 3.8) is 0 Å². The smallest absolute Gasteiger partial charge is 0.260 e. The summed E-state index contributed by atoms with van der Waals surface area (Å²) in [4.78, 5) is 13.7. The summed E-state index contributed by atoms with van der Waals surface area (Å²) in [6, 6.07) is 8.98. The minimum Gasteiger partial charge on any atom is -0.508 e. The van der Waals surface area contributed by atoms with Crippen molar-refractivity contribution in [2.45, 2.75) is 46.1 Å². The molecule has 1 amide bonds. The third-order valence-electron chi connectivity index (χ3n) is 4.74. The van der Waals surface area contributed by atoms with Gasteiger partial charge in [-0.15, -0.1) is 0 Å². The standard InChI is InChI=1S/C22H27Cl2NO3/c1-13(2)17-8-15(6-7-21(17)26)9-18-19(23)10-16(11-20(18)24)28-12-22(27)25(5)14(3)4/h6-8,10-11,13-14,26H,9,12H2,1-5H3. The number of amides is 1. The van der Waals surface area contributed by atoms with Gasteiger partial charge in [-0.2, -0.15) is 0 Å². The summed E-state index contributed by atoms with van der Waals surface area (Å²) in [6.45, 7) is 7.87. The van der Waals surface area contributed by atoms with Crippen LogP contribution in [0.25, 0.3) is 0 Å². The predicted molar refractivity (Wildman–Crippen MR) is 115 cm³/mol. The van der Waals surface area contributed by atoms with Crippen molar-refractivity contribution in [2.24, 2.45) is 0 Å². The van der Waals surface area contributed by atoms with Crippen LogP contribution < -0.4 is 4.74 Å². The number of rotatable bonds is 7. The highest BCUT2D eigenvalue weighted by molar-refractivity contribution is 6.36. The van der Waals surface area contributed by atoms with Crippen molar-refractivity contribution in [1.29, 1.82) is 0 Å². The fraction of sp³-hybridized carbons (Fsp3) is 0.409. The molecule has 0 radical (unpaired) electrons. The first-order valence-electron chi connectivity index (χ1n) is 9.28. The fourth-order valence-electron chi connectivity index (χ4n) is 2.75. The lowest BCUT2D eigenvalue weighted by Gasteiger charge is -2.21. The van der Waals surface area contributed by atoms with Crippen LogP contribution in [0.2, 0.25) is 10.0 Å². The second kappa shape index (κ2) is 9.53. The Labute approximate surface area is 177 Å². The number of aromatic hydroxyl groups is 1. The molecule has 0 saturated heterocycles. The summed E-state index contributed by atoms with van der Waals surface area (Å²) in [6.07, 6.45) is 0.535. The zero-order valence-electron chi connectivity index (χ0n) is 16.9. The van der Waals surface area contributed by atoms with E-state index in [2.05, 4.69) is 0 Å². The number of likely N-dealkylation sites (N-methyl/N-ethyl adjacent to an activating group) is 1. The molecular weight excluding hydrogens is 397 g/mol. The first kappa shape index (κ1) is 22.4. The van der Waals surface area contributed by atoms with Crippen molar-refractivity contribution in [1.82, 2.24) is 4.90 Å². The molecule has 6 heteroatoms. The number of carbonyl (C=O) groups excluding carboxylic acids is 1. The molecule has 0 spiro atoms. The molecule has 0 bridgehead atoms. The van der Waals surface area contributed by atoms with Gasteiger partial charge < -0.3 is 14.7 Å². The summed E-state index contributed by atoms with van der Waals surface area (Å²) < 4.78 is 5.58. The SMILES string of the molecule is CC(C)c1cc(Cc2c(Cl)cc(OCC(=O)N(C)C(C)C)cc2Cl)ccc1O. The molecular formula is C22H27Cl2NO3. The van der Waals surface area contributed by atoms with Gasteiger partial charge in [-0.1, -0.05) is 49.2 Å². The molecule has 0 aromatic heterocycles. The number of nitrogens with zero attached hydrogens (tertiary/aromatic N) is 1. The molecule has 2 aromatic rings. The third kappa shape index (κ3) is 5.55. The van der Waals surface area contributed by atoms with Crippen molar-refractivity contribution < 1.29 is 14.6 Å². The number of hydrogen-bond donors (Lipinski definition) is 1. The van der Waals surface area contributed by atoms with Crippen LogP contribution in [-0.4, -0.2) is 35.6 Å². The van der Waals surface area contributed by atoms with Crippen LogP contribution in [0.5, 0.6) is 11.5 Å². The van der Waals surface area contributed by atoms with E-state index in [9.17, 15) is 9.90 Å². The molecule has 0 aliphatic carbocycles. The lowest BCUT2D eigenvalue weighted by Crippen LogP contribution is -2.36. The van der Waals surface area contributed by atoms with Gasteiger partial charge in [0, 0.05) is 29.6 Å². The molecule has 0 unspecified atom stereocenters. The monoisotopic (exact) mass is 423 g/mol. The van der Waals surface area contributed by atoms with E-state index >= 15 is 0 Å². The Morgan fingerprint density at radius 3 is 2.25 bits per heavy atom. The number of phenols is 1. The minimum atomic E-state index is -0.114. The summed E-state index contributed by atoms with van der Waals surface area (Å²) in [5.74, 6) is 0.841. The molecule has 1 N–H and O–H groups in total. The maximum atomic E-state index is 12.1. The number of phenolic OH excluding ortho intramolecular Hbond substituents is 1. The maximum absolute atomic E-state index is 12.1. The summed E-state index contributed by atoms with van der Waals surface area (Å²) in [7, 11) is 1.74. The van der Waals surface area contributed by atoms with E-state index in [-0.39, 0.29) is 30.2 Å². The van der Waals surface area contributed by atoms with E-state index in [1.54, 1.807) is 30.1 Å². The largest absolute Gasteiger partial charge is 0.508 e. The van der Waals surface area contributed by atoms with Gasteiger partial charge in [-0.25, -0.2) is 0 Å². The van der Waals surface area contributed by atoms with Crippen molar-refractivity contribution in [3.05, 3.63) is 57.1 Å². The van der Waals surface area contributed by atoms with E-state index in [0.717, 1.165) is 16.7 Å². The van der Waals surface area contributed by atoms with Gasteiger partial charge in [0.25, 0.3) is 5.91 Å². The van der Waals surface area contributed by atoms with Crippen LogP contribution in [0.15, 0.2) is 30.3 Å². The number of benzene rings is 2. The maximum Gasteiger partial charge on any atom is 0.260 e. The summed E-state index contributed by atoms with van der Waals surface area (Å²) in [5, 5.41) is 11.0. The Bertz CT molecular complexity index is 827. The van der Waals surface area contributed by atoms with Gasteiger partial charge in [-0.3, -0.25) is 4.79 Å². The quantitative estimate of drug-likeness (QED) is 0.624. The third-order valence-corrected chi connectivity index (χ3v) is 5.41. The normalized spacial score (nSPS) is 11.2. The van der Waals surface area contributed by atoms with E-state index in [4.69, 9.17) is 27.9 Å². The van der Waals surface area contributed by atoms with Crippen LogP contribution in [0.1, 0.15) is 50.3 Å². The van der Waals surface area contributed by atoms with Gasteiger partial charge in [0.05, 0.1) is 0 Å². The van der Waals surface area contributed by atoms with Crippen molar-refractivity contribution in [3.8, 4) is 11.5 Å². The summed E-state index contributed by atoms with van der Waals surface area (Å²) >= 11 is 12.9. The van der Waals surface area contributed by atoms with Gasteiger partial charge in [0.2, 0.25) is 0 Å². The number of halogens is 2. The van der Waals surface area contributed by atoms with Gasteiger partial charge in [-0.05, 0) is 54.7 Å². The van der Waals surface area contributed by atoms with Crippen molar-refractivity contribution >= 4 is 29.1 Å².